The Morgan fingerprint density at radius 1 is 0.886 bits per heavy atom. The number of phenolic OH excluding ortho intramolecular Hbond substituents is 1. The third-order valence-corrected chi connectivity index (χ3v) is 6.95. The Bertz CT molecular complexity index is 1410. The average Bonchev–Trinajstić information content (AvgIpc) is 3.26. The van der Waals surface area contributed by atoms with E-state index in [0.717, 1.165) is 23.3 Å². The number of hydrogen-bond donors (Lipinski definition) is 2. The third-order valence-electron chi connectivity index (χ3n) is 6.95. The number of aromatic nitrogens is 3. The molecular weight excluding hydrogens is 446 g/mol. The van der Waals surface area contributed by atoms with Crippen molar-refractivity contribution < 1.29 is 10.0 Å². The molecule has 6 rings (SSSR count). The molecule has 1 saturated heterocycles. The van der Waals surface area contributed by atoms with Gasteiger partial charge < -0.3 is 24.8 Å². The summed E-state index contributed by atoms with van der Waals surface area (Å²) in [6.45, 7) is 3.53. The van der Waals surface area contributed by atoms with E-state index in [2.05, 4.69) is 32.0 Å². The first-order valence-electron chi connectivity index (χ1n) is 11.7. The van der Waals surface area contributed by atoms with Gasteiger partial charge in [0.15, 0.2) is 0 Å². The standard InChI is InChI=1S/C25H25N7O3/c33-22-8-4-3-7-21(22)29-11-13-30(14-12-29)24-23(32(34)35)25(27-16-26-24)31-10-9-18-17-5-1-2-6-19(17)28-20(18)15-31/h1-8,16,28,33H,9-15H2. The van der Waals surface area contributed by atoms with Gasteiger partial charge in [-0.3, -0.25) is 10.1 Å². The highest BCUT2D eigenvalue weighted by molar-refractivity contribution is 5.85. The summed E-state index contributed by atoms with van der Waals surface area (Å²) in [4.78, 5) is 30.1. The molecule has 2 aliphatic rings. The van der Waals surface area contributed by atoms with E-state index in [1.54, 1.807) is 12.1 Å². The number of nitrogens with zero attached hydrogens (tertiary/aromatic N) is 6. The topological polar surface area (TPSA) is 115 Å². The van der Waals surface area contributed by atoms with Crippen molar-refractivity contribution in [2.24, 2.45) is 0 Å². The predicted molar refractivity (Wildman–Crippen MR) is 134 cm³/mol. The molecule has 1 fully saturated rings. The third kappa shape index (κ3) is 3.67. The zero-order chi connectivity index (χ0) is 23.9. The van der Waals surface area contributed by atoms with Gasteiger partial charge in [0.05, 0.1) is 17.2 Å². The Labute approximate surface area is 201 Å². The lowest BCUT2D eigenvalue weighted by atomic mass is 10.0. The van der Waals surface area contributed by atoms with E-state index < -0.39 is 0 Å². The van der Waals surface area contributed by atoms with Crippen molar-refractivity contribution in [2.45, 2.75) is 13.0 Å². The van der Waals surface area contributed by atoms with Gasteiger partial charge >= 0.3 is 5.69 Å². The molecule has 2 aliphatic heterocycles. The molecule has 2 N–H and O–H groups in total. The van der Waals surface area contributed by atoms with Crippen LogP contribution in [0.1, 0.15) is 11.3 Å². The summed E-state index contributed by atoms with van der Waals surface area (Å²) in [5, 5.41) is 23.7. The number of anilines is 3. The smallest absolute Gasteiger partial charge is 0.353 e. The summed E-state index contributed by atoms with van der Waals surface area (Å²) >= 11 is 0. The number of para-hydroxylation sites is 3. The summed E-state index contributed by atoms with van der Waals surface area (Å²) in [7, 11) is 0. The molecule has 0 radical (unpaired) electrons. The number of hydrogen-bond acceptors (Lipinski definition) is 8. The van der Waals surface area contributed by atoms with Crippen LogP contribution in [0.15, 0.2) is 54.9 Å². The fourth-order valence-corrected chi connectivity index (χ4v) is 5.25. The lowest BCUT2D eigenvalue weighted by Gasteiger charge is -2.37. The number of rotatable bonds is 4. The summed E-state index contributed by atoms with van der Waals surface area (Å²) in [6, 6.07) is 15.4. The van der Waals surface area contributed by atoms with Crippen LogP contribution >= 0.6 is 0 Å². The molecule has 0 aliphatic carbocycles. The number of phenols is 1. The van der Waals surface area contributed by atoms with Gasteiger partial charge in [-0.05, 0) is 30.2 Å². The van der Waals surface area contributed by atoms with Crippen LogP contribution in [0.4, 0.5) is 23.0 Å². The van der Waals surface area contributed by atoms with E-state index in [1.165, 1.54) is 17.3 Å². The van der Waals surface area contributed by atoms with Crippen LogP contribution in [0.5, 0.6) is 5.75 Å². The second-order valence-corrected chi connectivity index (χ2v) is 8.89. The number of aromatic hydroxyl groups is 1. The van der Waals surface area contributed by atoms with Gasteiger partial charge in [-0.1, -0.05) is 30.3 Å². The average molecular weight is 472 g/mol. The molecule has 10 heteroatoms. The SMILES string of the molecule is O=[N+]([O-])c1c(N2CCN(c3ccccc3O)CC2)ncnc1N1CCc2c([nH]c3ccccc23)C1. The molecule has 35 heavy (non-hydrogen) atoms. The first-order chi connectivity index (χ1) is 17.1. The van der Waals surface area contributed by atoms with Crippen LogP contribution in [0.3, 0.4) is 0 Å². The summed E-state index contributed by atoms with van der Waals surface area (Å²) in [5.41, 5.74) is 4.15. The van der Waals surface area contributed by atoms with Crippen molar-refractivity contribution in [1.29, 1.82) is 0 Å². The minimum atomic E-state index is -0.360. The number of piperazine rings is 1. The summed E-state index contributed by atoms with van der Waals surface area (Å²) in [5.74, 6) is 0.935. The van der Waals surface area contributed by atoms with Gasteiger partial charge in [-0.25, -0.2) is 9.97 Å². The molecular formula is C25H25N7O3. The molecule has 178 valence electrons. The van der Waals surface area contributed by atoms with Crippen LogP contribution < -0.4 is 14.7 Å². The van der Waals surface area contributed by atoms with Gasteiger partial charge in [0.1, 0.15) is 12.1 Å². The van der Waals surface area contributed by atoms with Crippen molar-refractivity contribution in [1.82, 2.24) is 15.0 Å². The lowest BCUT2D eigenvalue weighted by Crippen LogP contribution is -2.47. The quantitative estimate of drug-likeness (QED) is 0.344. The van der Waals surface area contributed by atoms with Gasteiger partial charge in [0, 0.05) is 49.3 Å². The highest BCUT2D eigenvalue weighted by Gasteiger charge is 2.33. The number of nitro groups is 1. The molecule has 0 amide bonds. The van der Waals surface area contributed by atoms with E-state index in [-0.39, 0.29) is 16.4 Å². The zero-order valence-corrected chi connectivity index (χ0v) is 19.1. The zero-order valence-electron chi connectivity index (χ0n) is 19.1. The highest BCUT2D eigenvalue weighted by atomic mass is 16.6. The fourth-order valence-electron chi connectivity index (χ4n) is 5.25. The molecule has 0 atom stereocenters. The minimum absolute atomic E-state index is 0.0527. The number of fused-ring (bicyclic) bond motifs is 3. The van der Waals surface area contributed by atoms with E-state index >= 15 is 0 Å². The molecule has 4 heterocycles. The van der Waals surface area contributed by atoms with Gasteiger partial charge in [0.2, 0.25) is 11.6 Å². The second kappa shape index (κ2) is 8.46. The first-order valence-corrected chi connectivity index (χ1v) is 11.7. The van der Waals surface area contributed by atoms with E-state index in [1.807, 2.05) is 34.1 Å². The predicted octanol–water partition coefficient (Wildman–Crippen LogP) is 3.46. The number of H-pyrrole nitrogens is 1. The first kappa shape index (κ1) is 21.2. The van der Waals surface area contributed by atoms with Gasteiger partial charge in [-0.2, -0.15) is 0 Å². The minimum Gasteiger partial charge on any atom is -0.506 e. The van der Waals surface area contributed by atoms with Crippen LogP contribution in [0, 0.1) is 10.1 Å². The number of nitrogens with one attached hydrogen (secondary N) is 1. The fraction of sp³-hybridized carbons (Fsp3) is 0.280. The molecule has 10 nitrogen and oxygen atoms in total. The van der Waals surface area contributed by atoms with Crippen molar-refractivity contribution >= 4 is 33.9 Å². The Morgan fingerprint density at radius 3 is 2.34 bits per heavy atom. The van der Waals surface area contributed by atoms with Crippen LogP contribution in [-0.2, 0) is 13.0 Å². The Morgan fingerprint density at radius 2 is 1.57 bits per heavy atom. The normalized spacial score (nSPS) is 15.9. The largest absolute Gasteiger partial charge is 0.506 e. The van der Waals surface area contributed by atoms with Crippen LogP contribution in [0.2, 0.25) is 0 Å². The monoisotopic (exact) mass is 471 g/mol. The van der Waals surface area contributed by atoms with Crippen LogP contribution in [0.25, 0.3) is 10.9 Å². The lowest BCUT2D eigenvalue weighted by molar-refractivity contribution is -0.383. The van der Waals surface area contributed by atoms with E-state index in [0.29, 0.717) is 50.9 Å². The maximum absolute atomic E-state index is 12.3. The Kier molecular flexibility index (Phi) is 5.13. The van der Waals surface area contributed by atoms with E-state index in [9.17, 15) is 15.2 Å². The molecule has 4 aromatic rings. The van der Waals surface area contributed by atoms with Crippen LogP contribution in [-0.4, -0.2) is 57.7 Å². The molecule has 0 spiro atoms. The molecule has 0 bridgehead atoms. The summed E-state index contributed by atoms with van der Waals surface area (Å²) in [6.07, 6.45) is 2.21. The number of aromatic amines is 1. The van der Waals surface area contributed by atoms with Crippen molar-refractivity contribution in [2.75, 3.05) is 47.4 Å². The maximum Gasteiger partial charge on any atom is 0.353 e. The molecule has 2 aromatic heterocycles. The second-order valence-electron chi connectivity index (χ2n) is 8.89. The molecule has 0 saturated carbocycles. The molecule has 0 unspecified atom stereocenters. The van der Waals surface area contributed by atoms with Crippen molar-refractivity contribution in [3.63, 3.8) is 0 Å². The van der Waals surface area contributed by atoms with Crippen molar-refractivity contribution in [3.8, 4) is 5.75 Å². The number of benzene rings is 2. The Balaban J connectivity index is 1.27. The van der Waals surface area contributed by atoms with Gasteiger partial charge in [0.25, 0.3) is 0 Å². The molecule has 2 aromatic carbocycles. The summed E-state index contributed by atoms with van der Waals surface area (Å²) < 4.78 is 0. The van der Waals surface area contributed by atoms with E-state index in [4.69, 9.17) is 0 Å². The van der Waals surface area contributed by atoms with Crippen molar-refractivity contribution in [3.05, 3.63) is 76.2 Å². The Hall–Kier alpha value is -4.34. The highest BCUT2D eigenvalue weighted by Crippen LogP contribution is 2.38. The van der Waals surface area contributed by atoms with Gasteiger partial charge in [-0.15, -0.1) is 0 Å². The maximum atomic E-state index is 12.3.